The lowest BCUT2D eigenvalue weighted by Gasteiger charge is -2.16. The molecular formula is C12H24N2O. The number of rotatable bonds is 6. The Morgan fingerprint density at radius 3 is 2.33 bits per heavy atom. The van der Waals surface area contributed by atoms with E-state index in [9.17, 15) is 4.79 Å². The van der Waals surface area contributed by atoms with Gasteiger partial charge in [-0.05, 0) is 26.4 Å². The predicted octanol–water partition coefficient (Wildman–Crippen LogP) is 1.61. The molecule has 0 fully saturated rings. The smallest absolute Gasteiger partial charge is 0.246 e. The normalized spacial score (nSPS) is 11.7. The molecule has 0 aromatic carbocycles. The largest absolute Gasteiger partial charge is 0.342 e. The molecule has 0 rings (SSSR count). The number of carbonyl (C=O) groups is 1. The topological polar surface area (TPSA) is 23.6 Å². The van der Waals surface area contributed by atoms with Crippen molar-refractivity contribution in [1.29, 1.82) is 0 Å². The van der Waals surface area contributed by atoms with Gasteiger partial charge in [0.2, 0.25) is 5.91 Å². The molecule has 0 aliphatic rings. The minimum atomic E-state index is 0.0949. The van der Waals surface area contributed by atoms with E-state index in [4.69, 9.17) is 0 Å². The zero-order valence-electron chi connectivity index (χ0n) is 10.7. The lowest BCUT2D eigenvalue weighted by atomic mass is 10.1. The number of amides is 1. The fraction of sp³-hybridized carbons (Fsp3) is 0.750. The number of nitrogens with zero attached hydrogens (tertiary/aromatic N) is 2. The highest BCUT2D eigenvalue weighted by atomic mass is 16.2. The third-order valence-electron chi connectivity index (χ3n) is 2.15. The lowest BCUT2D eigenvalue weighted by molar-refractivity contribution is -0.124. The molecule has 1 amide bonds. The molecule has 0 aliphatic heterocycles. The number of hydrogen-bond donors (Lipinski definition) is 0. The van der Waals surface area contributed by atoms with E-state index in [1.54, 1.807) is 11.0 Å². The maximum Gasteiger partial charge on any atom is 0.246 e. The van der Waals surface area contributed by atoms with Gasteiger partial charge in [0.1, 0.15) is 0 Å². The third-order valence-corrected chi connectivity index (χ3v) is 2.15. The quantitative estimate of drug-likeness (QED) is 0.625. The zero-order chi connectivity index (χ0) is 11.8. The van der Waals surface area contributed by atoms with Crippen molar-refractivity contribution in [3.8, 4) is 0 Å². The van der Waals surface area contributed by atoms with Gasteiger partial charge in [-0.1, -0.05) is 19.9 Å². The van der Waals surface area contributed by atoms with Crippen molar-refractivity contribution < 1.29 is 4.79 Å². The molecule has 88 valence electrons. The van der Waals surface area contributed by atoms with Crippen molar-refractivity contribution in [2.45, 2.75) is 20.3 Å². The van der Waals surface area contributed by atoms with Crippen LogP contribution in [0.5, 0.6) is 0 Å². The molecule has 0 aromatic heterocycles. The van der Waals surface area contributed by atoms with Gasteiger partial charge in [-0.3, -0.25) is 4.79 Å². The van der Waals surface area contributed by atoms with Crippen LogP contribution in [0.2, 0.25) is 0 Å². The van der Waals surface area contributed by atoms with Crippen LogP contribution in [0, 0.1) is 5.92 Å². The minimum Gasteiger partial charge on any atom is -0.342 e. The molecule has 0 N–H and O–H groups in total. The van der Waals surface area contributed by atoms with Crippen molar-refractivity contribution in [2.75, 3.05) is 34.2 Å². The number of carbonyl (C=O) groups excluding carboxylic acids is 1. The summed E-state index contributed by atoms with van der Waals surface area (Å²) in [4.78, 5) is 15.4. The van der Waals surface area contributed by atoms with Crippen molar-refractivity contribution >= 4 is 5.91 Å². The molecule has 0 radical (unpaired) electrons. The molecule has 0 bridgehead atoms. The van der Waals surface area contributed by atoms with Crippen LogP contribution in [0.25, 0.3) is 0 Å². The minimum absolute atomic E-state index is 0.0949. The summed E-state index contributed by atoms with van der Waals surface area (Å²) in [6, 6.07) is 0. The maximum atomic E-state index is 11.6. The van der Waals surface area contributed by atoms with Crippen LogP contribution in [-0.4, -0.2) is 49.9 Å². The Kier molecular flexibility index (Phi) is 7.05. The van der Waals surface area contributed by atoms with Gasteiger partial charge in [-0.2, -0.15) is 0 Å². The van der Waals surface area contributed by atoms with Crippen molar-refractivity contribution in [3.05, 3.63) is 12.2 Å². The molecule has 0 saturated heterocycles. The first-order valence-corrected chi connectivity index (χ1v) is 5.50. The Balaban J connectivity index is 3.83. The summed E-state index contributed by atoms with van der Waals surface area (Å²) in [5.74, 6) is 0.739. The van der Waals surface area contributed by atoms with Gasteiger partial charge < -0.3 is 9.80 Å². The van der Waals surface area contributed by atoms with Gasteiger partial charge in [0.25, 0.3) is 0 Å². The average Bonchev–Trinajstić information content (AvgIpc) is 2.13. The van der Waals surface area contributed by atoms with Gasteiger partial charge in [-0.15, -0.1) is 0 Å². The maximum absolute atomic E-state index is 11.6. The molecule has 15 heavy (non-hydrogen) atoms. The summed E-state index contributed by atoms with van der Waals surface area (Å²) in [5.41, 5.74) is 0. The summed E-state index contributed by atoms with van der Waals surface area (Å²) >= 11 is 0. The second-order valence-corrected chi connectivity index (χ2v) is 4.61. The first-order chi connectivity index (χ1) is 6.93. The summed E-state index contributed by atoms with van der Waals surface area (Å²) in [6.07, 6.45) is 4.61. The van der Waals surface area contributed by atoms with Gasteiger partial charge in [-0.25, -0.2) is 0 Å². The lowest BCUT2D eigenvalue weighted by Crippen LogP contribution is -2.27. The van der Waals surface area contributed by atoms with Gasteiger partial charge in [0.15, 0.2) is 0 Å². The molecule has 0 spiro atoms. The predicted molar refractivity (Wildman–Crippen MR) is 64.8 cm³/mol. The standard InChI is InChI=1S/C12H24N2O/c1-11(2)8-10-14(5)12(15)7-6-9-13(3)4/h6-7,11H,8-10H2,1-5H3/b7-6+. The highest BCUT2D eigenvalue weighted by Gasteiger charge is 2.04. The van der Waals surface area contributed by atoms with Crippen molar-refractivity contribution in [3.63, 3.8) is 0 Å². The SMILES string of the molecule is CC(C)CCN(C)C(=O)/C=C/CN(C)C. The van der Waals surface area contributed by atoms with Crippen LogP contribution in [0.15, 0.2) is 12.2 Å². The molecule has 0 heterocycles. The summed E-state index contributed by atoms with van der Waals surface area (Å²) in [5, 5.41) is 0. The molecule has 3 nitrogen and oxygen atoms in total. The molecule has 0 saturated carbocycles. The van der Waals surface area contributed by atoms with Gasteiger partial charge in [0.05, 0.1) is 0 Å². The second kappa shape index (κ2) is 7.46. The van der Waals surface area contributed by atoms with Crippen LogP contribution in [-0.2, 0) is 4.79 Å². The van der Waals surface area contributed by atoms with Crippen LogP contribution < -0.4 is 0 Å². The number of hydrogen-bond acceptors (Lipinski definition) is 2. The Bertz CT molecular complexity index is 210. The monoisotopic (exact) mass is 212 g/mol. The fourth-order valence-electron chi connectivity index (χ4n) is 1.05. The van der Waals surface area contributed by atoms with E-state index in [1.165, 1.54) is 0 Å². The molecule has 0 atom stereocenters. The highest BCUT2D eigenvalue weighted by molar-refractivity contribution is 5.87. The van der Waals surface area contributed by atoms with Crippen molar-refractivity contribution in [2.24, 2.45) is 5.92 Å². The molecule has 0 unspecified atom stereocenters. The third kappa shape index (κ3) is 8.18. The Hall–Kier alpha value is -0.830. The summed E-state index contributed by atoms with van der Waals surface area (Å²) in [7, 11) is 5.82. The number of likely N-dealkylation sites (N-methyl/N-ethyl adjacent to an activating group) is 2. The first kappa shape index (κ1) is 14.2. The zero-order valence-corrected chi connectivity index (χ0v) is 10.7. The van der Waals surface area contributed by atoms with Crippen LogP contribution >= 0.6 is 0 Å². The van der Waals surface area contributed by atoms with Crippen molar-refractivity contribution in [1.82, 2.24) is 9.80 Å². The summed E-state index contributed by atoms with van der Waals surface area (Å²) in [6.45, 7) is 5.98. The van der Waals surface area contributed by atoms with E-state index in [-0.39, 0.29) is 5.91 Å². The second-order valence-electron chi connectivity index (χ2n) is 4.61. The van der Waals surface area contributed by atoms with Gasteiger partial charge >= 0.3 is 0 Å². The summed E-state index contributed by atoms with van der Waals surface area (Å²) < 4.78 is 0. The van der Waals surface area contributed by atoms with E-state index in [0.29, 0.717) is 5.92 Å². The van der Waals surface area contributed by atoms with Crippen LogP contribution in [0.1, 0.15) is 20.3 Å². The van der Waals surface area contributed by atoms with E-state index in [1.807, 2.05) is 32.1 Å². The average molecular weight is 212 g/mol. The first-order valence-electron chi connectivity index (χ1n) is 5.50. The van der Waals surface area contributed by atoms with E-state index < -0.39 is 0 Å². The van der Waals surface area contributed by atoms with Crippen LogP contribution in [0.4, 0.5) is 0 Å². The molecule has 0 aromatic rings. The van der Waals surface area contributed by atoms with E-state index in [2.05, 4.69) is 13.8 Å². The molecule has 0 aliphatic carbocycles. The highest BCUT2D eigenvalue weighted by Crippen LogP contribution is 2.00. The Labute approximate surface area is 93.7 Å². The fourth-order valence-corrected chi connectivity index (χ4v) is 1.05. The van der Waals surface area contributed by atoms with Crippen LogP contribution in [0.3, 0.4) is 0 Å². The van der Waals surface area contributed by atoms with E-state index in [0.717, 1.165) is 19.5 Å². The molecule has 3 heteroatoms. The molecular weight excluding hydrogens is 188 g/mol. The Morgan fingerprint density at radius 1 is 1.27 bits per heavy atom. The van der Waals surface area contributed by atoms with Gasteiger partial charge in [0, 0.05) is 26.2 Å². The Morgan fingerprint density at radius 2 is 1.87 bits per heavy atom. The van der Waals surface area contributed by atoms with E-state index >= 15 is 0 Å².